The second-order valence-corrected chi connectivity index (χ2v) is 7.44. The summed E-state index contributed by atoms with van der Waals surface area (Å²) >= 11 is 1.45. The fraction of sp³-hybridized carbons (Fsp3) is 0.300. The number of imidazole rings is 1. The Labute approximate surface area is 156 Å². The average molecular weight is 367 g/mol. The summed E-state index contributed by atoms with van der Waals surface area (Å²) in [7, 11) is 0. The van der Waals surface area contributed by atoms with Gasteiger partial charge >= 0.3 is 0 Å². The molecule has 6 heteroatoms. The number of rotatable bonds is 7. The Kier molecular flexibility index (Phi) is 4.84. The van der Waals surface area contributed by atoms with Crippen LogP contribution in [-0.4, -0.2) is 28.5 Å². The summed E-state index contributed by atoms with van der Waals surface area (Å²) < 4.78 is 5.54. The third kappa shape index (κ3) is 3.85. The molecule has 2 aromatic carbocycles. The van der Waals surface area contributed by atoms with Crippen molar-refractivity contribution in [3.63, 3.8) is 0 Å². The molecular weight excluding hydrogens is 346 g/mol. The molecule has 1 fully saturated rings. The first-order valence-electron chi connectivity index (χ1n) is 8.87. The van der Waals surface area contributed by atoms with Gasteiger partial charge < -0.3 is 15.0 Å². The number of H-pyrrole nitrogens is 1. The maximum atomic E-state index is 12.8. The lowest BCUT2D eigenvalue weighted by atomic mass is 10.1. The molecule has 26 heavy (non-hydrogen) atoms. The van der Waals surface area contributed by atoms with Gasteiger partial charge in [-0.3, -0.25) is 4.79 Å². The van der Waals surface area contributed by atoms with E-state index >= 15 is 0 Å². The van der Waals surface area contributed by atoms with Crippen LogP contribution in [0.25, 0.3) is 11.0 Å². The van der Waals surface area contributed by atoms with Crippen LogP contribution in [0.1, 0.15) is 30.6 Å². The molecule has 0 bridgehead atoms. The normalized spacial score (nSPS) is 15.0. The van der Waals surface area contributed by atoms with E-state index in [4.69, 9.17) is 4.74 Å². The molecule has 0 radical (unpaired) electrons. The van der Waals surface area contributed by atoms with Gasteiger partial charge in [-0.1, -0.05) is 42.1 Å². The zero-order valence-electron chi connectivity index (χ0n) is 14.6. The van der Waals surface area contributed by atoms with Crippen LogP contribution in [0.15, 0.2) is 53.7 Å². The predicted octanol–water partition coefficient (Wildman–Crippen LogP) is 4.07. The van der Waals surface area contributed by atoms with Crippen molar-refractivity contribution in [3.05, 3.63) is 54.1 Å². The molecule has 4 rings (SSSR count). The Balaban J connectivity index is 1.60. The summed E-state index contributed by atoms with van der Waals surface area (Å²) in [5, 5.41) is 3.51. The van der Waals surface area contributed by atoms with E-state index in [2.05, 4.69) is 15.3 Å². The Bertz CT molecular complexity index is 906. The number of thioether (sulfide) groups is 1. The number of amides is 1. The zero-order valence-corrected chi connectivity index (χ0v) is 15.4. The molecule has 1 aliphatic carbocycles. The standard InChI is InChI=1S/C20H21N3O2S/c1-2-25-15-10-11-16-17(12-15)23-20(22-16)26-18(13-6-4-3-5-7-13)19(24)21-14-8-9-14/h3-7,10-12,14,18H,2,8-9H2,1H3,(H,21,24)(H,22,23). The first-order valence-corrected chi connectivity index (χ1v) is 9.75. The van der Waals surface area contributed by atoms with E-state index in [1.165, 1.54) is 11.8 Å². The lowest BCUT2D eigenvalue weighted by molar-refractivity contribution is -0.120. The Morgan fingerprint density at radius 2 is 2.12 bits per heavy atom. The first kappa shape index (κ1) is 17.0. The summed E-state index contributed by atoms with van der Waals surface area (Å²) in [6.07, 6.45) is 2.14. The summed E-state index contributed by atoms with van der Waals surface area (Å²) in [6.45, 7) is 2.58. The van der Waals surface area contributed by atoms with Crippen molar-refractivity contribution >= 4 is 28.7 Å². The van der Waals surface area contributed by atoms with Gasteiger partial charge in [0.05, 0.1) is 17.6 Å². The van der Waals surface area contributed by atoms with Gasteiger partial charge in [0, 0.05) is 12.1 Å². The first-order chi connectivity index (χ1) is 12.7. The predicted molar refractivity (Wildman–Crippen MR) is 103 cm³/mol. The fourth-order valence-corrected chi connectivity index (χ4v) is 3.81. The minimum absolute atomic E-state index is 0.0409. The van der Waals surface area contributed by atoms with Crippen molar-refractivity contribution in [2.45, 2.75) is 36.2 Å². The quantitative estimate of drug-likeness (QED) is 0.618. The highest BCUT2D eigenvalue weighted by molar-refractivity contribution is 8.00. The highest BCUT2D eigenvalue weighted by atomic mass is 32.2. The van der Waals surface area contributed by atoms with E-state index in [0.29, 0.717) is 12.6 Å². The molecule has 3 aromatic rings. The molecule has 0 aliphatic heterocycles. The van der Waals surface area contributed by atoms with E-state index < -0.39 is 0 Å². The van der Waals surface area contributed by atoms with Gasteiger partial charge in [-0.05, 0) is 37.5 Å². The average Bonchev–Trinajstić information content (AvgIpc) is 3.37. The molecule has 134 valence electrons. The molecule has 0 saturated heterocycles. The summed E-state index contributed by atoms with van der Waals surface area (Å²) in [5.41, 5.74) is 2.75. The van der Waals surface area contributed by atoms with Crippen LogP contribution in [0.3, 0.4) is 0 Å². The molecule has 2 N–H and O–H groups in total. The zero-order chi connectivity index (χ0) is 17.9. The van der Waals surface area contributed by atoms with Crippen molar-refractivity contribution in [1.29, 1.82) is 0 Å². The second-order valence-electron chi connectivity index (χ2n) is 6.35. The number of nitrogens with zero attached hydrogens (tertiary/aromatic N) is 1. The van der Waals surface area contributed by atoms with E-state index in [9.17, 15) is 4.79 Å². The number of carbonyl (C=O) groups is 1. The van der Waals surface area contributed by atoms with Gasteiger partial charge in [0.2, 0.25) is 5.91 Å². The summed E-state index contributed by atoms with van der Waals surface area (Å²) in [4.78, 5) is 20.7. The van der Waals surface area contributed by atoms with Gasteiger partial charge in [-0.15, -0.1) is 0 Å². The number of carbonyl (C=O) groups excluding carboxylic acids is 1. The number of benzene rings is 2. The summed E-state index contributed by atoms with van der Waals surface area (Å²) in [6, 6.07) is 16.0. The molecule has 0 spiro atoms. The van der Waals surface area contributed by atoms with Gasteiger partial charge in [-0.2, -0.15) is 0 Å². The third-order valence-electron chi connectivity index (χ3n) is 4.24. The van der Waals surface area contributed by atoms with Crippen LogP contribution in [0.4, 0.5) is 0 Å². The van der Waals surface area contributed by atoms with Crippen LogP contribution < -0.4 is 10.1 Å². The Morgan fingerprint density at radius 1 is 1.31 bits per heavy atom. The molecule has 5 nitrogen and oxygen atoms in total. The minimum Gasteiger partial charge on any atom is -0.494 e. The molecule has 1 aliphatic rings. The van der Waals surface area contributed by atoms with Gasteiger partial charge in [-0.25, -0.2) is 4.98 Å². The van der Waals surface area contributed by atoms with Crippen molar-refractivity contribution in [1.82, 2.24) is 15.3 Å². The smallest absolute Gasteiger partial charge is 0.238 e. The molecule has 1 aromatic heterocycles. The largest absolute Gasteiger partial charge is 0.494 e. The molecule has 1 saturated carbocycles. The molecular formula is C20H21N3O2S. The van der Waals surface area contributed by atoms with E-state index in [0.717, 1.165) is 40.3 Å². The molecule has 1 heterocycles. The van der Waals surface area contributed by atoms with Crippen molar-refractivity contribution in [3.8, 4) is 5.75 Å². The number of hydrogen-bond donors (Lipinski definition) is 2. The highest BCUT2D eigenvalue weighted by Crippen LogP contribution is 2.36. The van der Waals surface area contributed by atoms with Crippen molar-refractivity contribution < 1.29 is 9.53 Å². The fourth-order valence-electron chi connectivity index (χ4n) is 2.79. The highest BCUT2D eigenvalue weighted by Gasteiger charge is 2.29. The monoisotopic (exact) mass is 367 g/mol. The lowest BCUT2D eigenvalue weighted by Crippen LogP contribution is -2.29. The Hall–Kier alpha value is -2.47. The van der Waals surface area contributed by atoms with E-state index in [1.54, 1.807) is 0 Å². The number of aromatic nitrogens is 2. The number of nitrogens with one attached hydrogen (secondary N) is 2. The maximum absolute atomic E-state index is 12.8. The minimum atomic E-state index is -0.330. The Morgan fingerprint density at radius 3 is 2.85 bits per heavy atom. The lowest BCUT2D eigenvalue weighted by Gasteiger charge is -2.15. The van der Waals surface area contributed by atoms with Crippen LogP contribution in [0.5, 0.6) is 5.75 Å². The number of ether oxygens (including phenoxy) is 1. The van der Waals surface area contributed by atoms with Crippen molar-refractivity contribution in [2.24, 2.45) is 0 Å². The van der Waals surface area contributed by atoms with E-state index in [1.807, 2.05) is 55.5 Å². The molecule has 1 atom stereocenters. The van der Waals surface area contributed by atoms with E-state index in [-0.39, 0.29) is 11.2 Å². The van der Waals surface area contributed by atoms with Gasteiger partial charge in [0.25, 0.3) is 0 Å². The topological polar surface area (TPSA) is 67.0 Å². The maximum Gasteiger partial charge on any atom is 0.238 e. The third-order valence-corrected chi connectivity index (χ3v) is 5.37. The summed E-state index contributed by atoms with van der Waals surface area (Å²) in [5.74, 6) is 0.852. The molecule has 1 unspecified atom stereocenters. The van der Waals surface area contributed by atoms with Crippen LogP contribution >= 0.6 is 11.8 Å². The van der Waals surface area contributed by atoms with Crippen LogP contribution in [-0.2, 0) is 4.79 Å². The van der Waals surface area contributed by atoms with Crippen LogP contribution in [0, 0.1) is 0 Å². The number of fused-ring (bicyclic) bond motifs is 1. The van der Waals surface area contributed by atoms with Crippen LogP contribution in [0.2, 0.25) is 0 Å². The molecule has 1 amide bonds. The van der Waals surface area contributed by atoms with Crippen molar-refractivity contribution in [2.75, 3.05) is 6.61 Å². The van der Waals surface area contributed by atoms with Gasteiger partial charge in [0.15, 0.2) is 5.16 Å². The number of hydrogen-bond acceptors (Lipinski definition) is 4. The second kappa shape index (κ2) is 7.41. The SMILES string of the molecule is CCOc1ccc2nc(SC(C(=O)NC3CC3)c3ccccc3)[nH]c2c1. The number of aromatic amines is 1. The van der Waals surface area contributed by atoms with Gasteiger partial charge in [0.1, 0.15) is 11.0 Å².